The number of rotatable bonds is 12. The molecule has 0 bridgehead atoms. The average Bonchev–Trinajstić information content (AvgIpc) is 3.38. The van der Waals surface area contributed by atoms with Crippen molar-refractivity contribution in [1.29, 1.82) is 0 Å². The number of aromatic nitrogens is 3. The van der Waals surface area contributed by atoms with Gasteiger partial charge in [0.2, 0.25) is 0 Å². The van der Waals surface area contributed by atoms with Crippen molar-refractivity contribution in [1.82, 2.24) is 20.2 Å². The van der Waals surface area contributed by atoms with Crippen LogP contribution in [0.15, 0.2) is 83.1 Å². The lowest BCUT2D eigenvalue weighted by Gasteiger charge is -2.11. The molecular weight excluding hydrogens is 502 g/mol. The fourth-order valence-corrected chi connectivity index (χ4v) is 4.35. The second kappa shape index (κ2) is 13.3. The molecule has 1 amide bonds. The van der Waals surface area contributed by atoms with Gasteiger partial charge in [0.25, 0.3) is 5.91 Å². The van der Waals surface area contributed by atoms with Crippen LogP contribution >= 0.6 is 11.8 Å². The molecule has 4 rings (SSSR count). The zero-order valence-corrected chi connectivity index (χ0v) is 22.3. The lowest BCUT2D eigenvalue weighted by molar-refractivity contribution is -0.118. The molecule has 196 valence electrons. The number of hydrogen-bond donors (Lipinski definition) is 1. The van der Waals surface area contributed by atoms with Crippen molar-refractivity contribution >= 4 is 23.9 Å². The van der Waals surface area contributed by atoms with Crippen molar-refractivity contribution in [2.45, 2.75) is 19.0 Å². The summed E-state index contributed by atoms with van der Waals surface area (Å²) in [5, 5.41) is 13.4. The first-order chi connectivity index (χ1) is 18.6. The van der Waals surface area contributed by atoms with Crippen LogP contribution in [0.25, 0.3) is 17.1 Å². The van der Waals surface area contributed by atoms with Crippen molar-refractivity contribution < 1.29 is 19.0 Å². The van der Waals surface area contributed by atoms with Gasteiger partial charge in [-0.3, -0.25) is 9.36 Å². The normalized spacial score (nSPS) is 10.9. The van der Waals surface area contributed by atoms with Crippen LogP contribution in [-0.4, -0.2) is 53.0 Å². The third-order valence-corrected chi connectivity index (χ3v) is 6.22. The van der Waals surface area contributed by atoms with Gasteiger partial charge in [0.15, 0.2) is 22.5 Å². The first kappa shape index (κ1) is 26.7. The molecule has 0 aliphatic carbocycles. The van der Waals surface area contributed by atoms with Gasteiger partial charge in [0.05, 0.1) is 32.3 Å². The molecule has 1 aromatic heterocycles. The summed E-state index contributed by atoms with van der Waals surface area (Å²) in [4.78, 5) is 12.5. The lowest BCUT2D eigenvalue weighted by atomic mass is 10.2. The molecule has 1 heterocycles. The smallest absolute Gasteiger partial charge is 0.250 e. The summed E-state index contributed by atoms with van der Waals surface area (Å²) in [6, 6.07) is 22.9. The number of nitrogens with one attached hydrogen (secondary N) is 1. The fourth-order valence-electron chi connectivity index (χ4n) is 3.61. The highest BCUT2D eigenvalue weighted by Gasteiger charge is 2.17. The van der Waals surface area contributed by atoms with Crippen molar-refractivity contribution in [2.24, 2.45) is 5.10 Å². The minimum Gasteiger partial charge on any atom is -0.494 e. The van der Waals surface area contributed by atoms with Crippen molar-refractivity contribution in [3.8, 4) is 34.3 Å². The highest BCUT2D eigenvalue weighted by atomic mass is 32.2. The zero-order chi connectivity index (χ0) is 26.7. The van der Waals surface area contributed by atoms with E-state index in [2.05, 4.69) is 20.7 Å². The molecule has 1 N–H and O–H groups in total. The Morgan fingerprint density at radius 1 is 0.974 bits per heavy atom. The summed E-state index contributed by atoms with van der Waals surface area (Å²) >= 11 is 1.28. The number of carbonyl (C=O) groups excluding carboxylic acids is 1. The third-order valence-electron chi connectivity index (χ3n) is 5.29. The van der Waals surface area contributed by atoms with Gasteiger partial charge in [0, 0.05) is 11.3 Å². The lowest BCUT2D eigenvalue weighted by Crippen LogP contribution is -2.20. The van der Waals surface area contributed by atoms with Crippen LogP contribution in [-0.2, 0) is 4.79 Å². The molecule has 3 aromatic carbocycles. The maximum atomic E-state index is 12.5. The number of hydrazone groups is 1. The first-order valence-electron chi connectivity index (χ1n) is 12.1. The van der Waals surface area contributed by atoms with Gasteiger partial charge in [-0.05, 0) is 61.9 Å². The molecule has 9 nitrogen and oxygen atoms in total. The number of amides is 1. The highest BCUT2D eigenvalue weighted by molar-refractivity contribution is 7.99. The predicted molar refractivity (Wildman–Crippen MR) is 149 cm³/mol. The first-order valence-corrected chi connectivity index (χ1v) is 13.1. The number of thioether (sulfide) groups is 1. The molecule has 0 unspecified atom stereocenters. The van der Waals surface area contributed by atoms with Crippen molar-refractivity contribution in [2.75, 3.05) is 26.1 Å². The summed E-state index contributed by atoms with van der Waals surface area (Å²) < 4.78 is 18.4. The second-order valence-electron chi connectivity index (χ2n) is 7.86. The second-order valence-corrected chi connectivity index (χ2v) is 8.80. The number of ether oxygens (including phenoxy) is 3. The van der Waals surface area contributed by atoms with Gasteiger partial charge < -0.3 is 14.2 Å². The van der Waals surface area contributed by atoms with E-state index in [1.807, 2.05) is 79.1 Å². The van der Waals surface area contributed by atoms with Crippen molar-refractivity contribution in [3.63, 3.8) is 0 Å². The quantitative estimate of drug-likeness (QED) is 0.156. The molecular formula is C28H29N5O4S. The topological polar surface area (TPSA) is 99.9 Å². The van der Waals surface area contributed by atoms with Crippen LogP contribution in [0, 0.1) is 0 Å². The third kappa shape index (κ3) is 6.71. The largest absolute Gasteiger partial charge is 0.494 e. The van der Waals surface area contributed by atoms with Crippen LogP contribution in [0.3, 0.4) is 0 Å². The van der Waals surface area contributed by atoms with Crippen LogP contribution < -0.4 is 19.6 Å². The Bertz CT molecular complexity index is 1370. The fraction of sp³-hybridized carbons (Fsp3) is 0.214. The van der Waals surface area contributed by atoms with Gasteiger partial charge in [-0.2, -0.15) is 5.10 Å². The summed E-state index contributed by atoms with van der Waals surface area (Å²) in [6.07, 6.45) is 1.55. The van der Waals surface area contributed by atoms with Crippen LogP contribution in [0.5, 0.6) is 17.2 Å². The van der Waals surface area contributed by atoms with Gasteiger partial charge in [0.1, 0.15) is 5.75 Å². The molecule has 0 aliphatic rings. The van der Waals surface area contributed by atoms with E-state index in [1.165, 1.54) is 11.8 Å². The predicted octanol–water partition coefficient (Wildman–Crippen LogP) is 4.98. The molecule has 0 saturated heterocycles. The van der Waals surface area contributed by atoms with Gasteiger partial charge in [-0.1, -0.05) is 42.1 Å². The maximum absolute atomic E-state index is 12.5. The number of hydrogen-bond acceptors (Lipinski definition) is 8. The molecule has 38 heavy (non-hydrogen) atoms. The van der Waals surface area contributed by atoms with E-state index in [-0.39, 0.29) is 11.7 Å². The summed E-state index contributed by atoms with van der Waals surface area (Å²) in [7, 11) is 1.58. The average molecular weight is 532 g/mol. The monoisotopic (exact) mass is 531 g/mol. The molecule has 4 aromatic rings. The van der Waals surface area contributed by atoms with E-state index in [9.17, 15) is 4.79 Å². The van der Waals surface area contributed by atoms with E-state index in [0.717, 1.165) is 22.6 Å². The molecule has 0 radical (unpaired) electrons. The van der Waals surface area contributed by atoms with E-state index < -0.39 is 0 Å². The highest BCUT2D eigenvalue weighted by Crippen LogP contribution is 2.29. The SMILES string of the molecule is CCOc1ccc(-n2c(SCC(=O)NN=Cc3ccc(OCC)c(OC)c3)nnc2-c2ccccc2)cc1. The van der Waals surface area contributed by atoms with Crippen LogP contribution in [0.1, 0.15) is 19.4 Å². The van der Waals surface area contributed by atoms with Crippen LogP contribution in [0.2, 0.25) is 0 Å². The van der Waals surface area contributed by atoms with E-state index >= 15 is 0 Å². The Hall–Kier alpha value is -4.31. The molecule has 0 atom stereocenters. The molecule has 0 spiro atoms. The van der Waals surface area contributed by atoms with E-state index in [1.54, 1.807) is 25.5 Å². The standard InChI is InChI=1S/C28H29N5O4S/c1-4-36-23-14-12-22(13-15-23)33-27(21-9-7-6-8-10-21)31-32-28(33)38-19-26(34)30-29-18-20-11-16-24(37-5-2)25(17-20)35-3/h6-18H,4-5,19H2,1-3H3,(H,30,34). The van der Waals surface area contributed by atoms with Crippen molar-refractivity contribution in [3.05, 3.63) is 78.4 Å². The number of methoxy groups -OCH3 is 1. The summed E-state index contributed by atoms with van der Waals surface area (Å²) in [5.41, 5.74) is 5.11. The van der Waals surface area contributed by atoms with E-state index in [4.69, 9.17) is 14.2 Å². The Morgan fingerprint density at radius 3 is 2.45 bits per heavy atom. The molecule has 0 saturated carbocycles. The van der Waals surface area contributed by atoms with Gasteiger partial charge in [-0.15, -0.1) is 10.2 Å². The minimum absolute atomic E-state index is 0.105. The molecule has 0 aliphatic heterocycles. The number of benzene rings is 3. The molecule has 0 fully saturated rings. The van der Waals surface area contributed by atoms with Crippen LogP contribution in [0.4, 0.5) is 0 Å². The Labute approximate surface area is 225 Å². The number of nitrogens with zero attached hydrogens (tertiary/aromatic N) is 4. The van der Waals surface area contributed by atoms with E-state index in [0.29, 0.717) is 35.7 Å². The Morgan fingerprint density at radius 2 is 1.74 bits per heavy atom. The summed E-state index contributed by atoms with van der Waals surface area (Å²) in [6.45, 7) is 4.98. The summed E-state index contributed by atoms with van der Waals surface area (Å²) in [5.74, 6) is 2.54. The minimum atomic E-state index is -0.272. The number of carbonyl (C=O) groups is 1. The Kier molecular flexibility index (Phi) is 9.36. The zero-order valence-electron chi connectivity index (χ0n) is 21.5. The maximum Gasteiger partial charge on any atom is 0.250 e. The molecule has 10 heteroatoms. The van der Waals surface area contributed by atoms with Gasteiger partial charge in [-0.25, -0.2) is 5.43 Å². The Balaban J connectivity index is 1.46. The van der Waals surface area contributed by atoms with Gasteiger partial charge >= 0.3 is 0 Å².